The van der Waals surface area contributed by atoms with Crippen LogP contribution in [0.2, 0.25) is 0 Å². The molecule has 0 atom stereocenters. The Morgan fingerprint density at radius 2 is 1.55 bits per heavy atom. The highest BCUT2D eigenvalue weighted by atomic mass is 16.1. The van der Waals surface area contributed by atoms with Crippen LogP contribution in [0.5, 0.6) is 0 Å². The molecule has 0 N–H and O–H groups in total. The minimum atomic E-state index is -0.0612. The molecule has 0 saturated heterocycles. The van der Waals surface area contributed by atoms with Crippen LogP contribution in [-0.2, 0) is 15.6 Å². The smallest absolute Gasteiger partial charge is 0.209 e. The molecule has 0 radical (unpaired) electrons. The number of nitrogens with zero attached hydrogens (tertiary/aromatic N) is 2. The van der Waals surface area contributed by atoms with Crippen molar-refractivity contribution in [2.75, 3.05) is 18.0 Å². The summed E-state index contributed by atoms with van der Waals surface area (Å²) in [5, 5.41) is 0. The molecule has 0 amide bonds. The van der Waals surface area contributed by atoms with Gasteiger partial charge in [0, 0.05) is 60.3 Å². The molecule has 212 valence electrons. The van der Waals surface area contributed by atoms with E-state index in [1.165, 1.54) is 45.0 Å². The lowest BCUT2D eigenvalue weighted by atomic mass is 9.81. The van der Waals surface area contributed by atoms with Crippen LogP contribution in [0.1, 0.15) is 95.9 Å². The molecule has 2 aromatic rings. The van der Waals surface area contributed by atoms with Gasteiger partial charge in [-0.15, -0.1) is 0 Å². The van der Waals surface area contributed by atoms with Gasteiger partial charge in [-0.2, -0.15) is 4.58 Å². The normalized spacial score (nSPS) is 18.4. The van der Waals surface area contributed by atoms with Gasteiger partial charge in [-0.25, -0.2) is 0 Å². The van der Waals surface area contributed by atoms with Crippen molar-refractivity contribution in [3.05, 3.63) is 94.7 Å². The zero-order valence-electron chi connectivity index (χ0n) is 26.1. The zero-order valence-corrected chi connectivity index (χ0v) is 26.1. The summed E-state index contributed by atoms with van der Waals surface area (Å²) >= 11 is 0. The first-order chi connectivity index (χ1) is 19.0. The van der Waals surface area contributed by atoms with Crippen molar-refractivity contribution < 1.29 is 9.37 Å². The van der Waals surface area contributed by atoms with Crippen LogP contribution in [0, 0.1) is 13.8 Å². The fourth-order valence-electron chi connectivity index (χ4n) is 6.46. The molecule has 2 heterocycles. The van der Waals surface area contributed by atoms with Crippen LogP contribution in [0.15, 0.2) is 72.5 Å². The van der Waals surface area contributed by atoms with Gasteiger partial charge in [0.05, 0.1) is 5.41 Å². The van der Waals surface area contributed by atoms with E-state index in [0.717, 1.165) is 32.4 Å². The topological polar surface area (TPSA) is 23.3 Å². The molecular formula is C37H49N2O+. The lowest BCUT2D eigenvalue weighted by Crippen LogP contribution is -2.28. The lowest BCUT2D eigenvalue weighted by molar-refractivity contribution is -0.438. The molecule has 0 fully saturated rings. The van der Waals surface area contributed by atoms with Crippen LogP contribution in [0.25, 0.3) is 0 Å². The number of allylic oxidation sites excluding steroid dienone is 6. The van der Waals surface area contributed by atoms with Gasteiger partial charge in [-0.05, 0) is 71.2 Å². The van der Waals surface area contributed by atoms with E-state index in [-0.39, 0.29) is 10.8 Å². The second-order valence-corrected chi connectivity index (χ2v) is 12.6. The van der Waals surface area contributed by atoms with Crippen LogP contribution in [-0.4, -0.2) is 29.2 Å². The largest absolute Gasteiger partial charge is 0.344 e. The third-order valence-corrected chi connectivity index (χ3v) is 8.87. The van der Waals surface area contributed by atoms with Crippen LogP contribution in [0.4, 0.5) is 11.4 Å². The van der Waals surface area contributed by atoms with E-state index in [2.05, 4.69) is 125 Å². The van der Waals surface area contributed by atoms with Crippen LogP contribution < -0.4 is 4.90 Å². The molecule has 3 nitrogen and oxygen atoms in total. The van der Waals surface area contributed by atoms with Crippen LogP contribution >= 0.6 is 0 Å². The number of unbranched alkanes of at least 4 members (excludes halogenated alkanes) is 2. The number of fused-ring (bicyclic) bond motifs is 2. The Hall–Kier alpha value is -3.20. The highest BCUT2D eigenvalue weighted by Crippen LogP contribution is 2.48. The summed E-state index contributed by atoms with van der Waals surface area (Å²) in [6, 6.07) is 13.7. The second kappa shape index (κ2) is 12.1. The second-order valence-electron chi connectivity index (χ2n) is 12.6. The number of hydrogen-bond donors (Lipinski definition) is 0. The molecule has 3 heteroatoms. The van der Waals surface area contributed by atoms with Crippen molar-refractivity contribution in [1.82, 2.24) is 0 Å². The Bertz CT molecular complexity index is 1380. The van der Waals surface area contributed by atoms with Crippen molar-refractivity contribution in [2.45, 2.75) is 98.3 Å². The Kier molecular flexibility index (Phi) is 9.02. The monoisotopic (exact) mass is 537 g/mol. The maximum absolute atomic E-state index is 11.7. The molecule has 0 aliphatic carbocycles. The first-order valence-corrected chi connectivity index (χ1v) is 15.2. The molecule has 0 saturated carbocycles. The summed E-state index contributed by atoms with van der Waals surface area (Å²) in [5.74, 6) is 0.377. The molecule has 40 heavy (non-hydrogen) atoms. The number of anilines is 1. The molecule has 0 spiro atoms. The fourth-order valence-corrected chi connectivity index (χ4v) is 6.46. The predicted molar refractivity (Wildman–Crippen MR) is 171 cm³/mol. The maximum Gasteiger partial charge on any atom is 0.209 e. The molecule has 0 unspecified atom stereocenters. The van der Waals surface area contributed by atoms with Gasteiger partial charge < -0.3 is 4.90 Å². The number of hydrogen-bond acceptors (Lipinski definition) is 2. The highest BCUT2D eigenvalue weighted by molar-refractivity contribution is 6.03. The number of carbonyl (C=O) groups is 1. The molecule has 2 aliphatic heterocycles. The number of benzene rings is 2. The number of ketones is 1. The minimum absolute atomic E-state index is 0.0222. The average molecular weight is 538 g/mol. The summed E-state index contributed by atoms with van der Waals surface area (Å²) in [6.45, 7) is 19.8. The van der Waals surface area contributed by atoms with Crippen molar-refractivity contribution in [3.8, 4) is 0 Å². The number of carbonyl (C=O) groups excluding carboxylic acids is 1. The third-order valence-electron chi connectivity index (χ3n) is 8.87. The molecular weight excluding hydrogens is 488 g/mol. The zero-order chi connectivity index (χ0) is 29.1. The maximum atomic E-state index is 11.7. The summed E-state index contributed by atoms with van der Waals surface area (Å²) < 4.78 is 2.51. The van der Waals surface area contributed by atoms with Gasteiger partial charge in [0.25, 0.3) is 0 Å². The van der Waals surface area contributed by atoms with E-state index in [1.807, 2.05) is 6.92 Å². The first-order valence-electron chi connectivity index (χ1n) is 15.2. The van der Waals surface area contributed by atoms with Crippen LogP contribution in [0.3, 0.4) is 0 Å². The Morgan fingerprint density at radius 1 is 0.850 bits per heavy atom. The Morgan fingerprint density at radius 3 is 2.25 bits per heavy atom. The lowest BCUT2D eigenvalue weighted by Gasteiger charge is -2.25. The average Bonchev–Trinajstić information content (AvgIpc) is 3.26. The van der Waals surface area contributed by atoms with E-state index in [1.54, 1.807) is 0 Å². The SMILES string of the molecule is CCC(=O)CCCCC[N+]1=C(/C=C/C=C/C=C2\N(CC)c3ccc(C)cc3C2(C)C)C(C)(C)c2cc(C)ccc21. The third kappa shape index (κ3) is 5.80. The summed E-state index contributed by atoms with van der Waals surface area (Å²) in [5.41, 5.74) is 10.7. The molecule has 0 bridgehead atoms. The van der Waals surface area contributed by atoms with Gasteiger partial charge in [-0.3, -0.25) is 4.79 Å². The fraction of sp³-hybridized carbons (Fsp3) is 0.459. The molecule has 0 aromatic heterocycles. The van der Waals surface area contributed by atoms with E-state index in [0.29, 0.717) is 18.6 Å². The van der Waals surface area contributed by atoms with Gasteiger partial charge in [0.15, 0.2) is 5.71 Å². The molecule has 4 rings (SSSR count). The van der Waals surface area contributed by atoms with Gasteiger partial charge in [0.1, 0.15) is 12.3 Å². The van der Waals surface area contributed by atoms with Gasteiger partial charge in [0.2, 0.25) is 5.69 Å². The number of rotatable bonds is 11. The van der Waals surface area contributed by atoms with Crippen molar-refractivity contribution in [3.63, 3.8) is 0 Å². The predicted octanol–water partition coefficient (Wildman–Crippen LogP) is 9.03. The van der Waals surface area contributed by atoms with E-state index in [4.69, 9.17) is 0 Å². The van der Waals surface area contributed by atoms with E-state index < -0.39 is 0 Å². The van der Waals surface area contributed by atoms with E-state index in [9.17, 15) is 4.79 Å². The Labute approximate surface area is 243 Å². The quantitative estimate of drug-likeness (QED) is 0.162. The first kappa shape index (κ1) is 29.8. The van der Waals surface area contributed by atoms with Crippen molar-refractivity contribution in [1.29, 1.82) is 0 Å². The summed E-state index contributed by atoms with van der Waals surface area (Å²) in [6.07, 6.45) is 15.7. The van der Waals surface area contributed by atoms with E-state index >= 15 is 0 Å². The van der Waals surface area contributed by atoms with Gasteiger partial charge >= 0.3 is 0 Å². The number of likely N-dealkylation sites (N-methyl/N-ethyl adjacent to an activating group) is 1. The summed E-state index contributed by atoms with van der Waals surface area (Å²) in [4.78, 5) is 14.2. The standard InChI is InChI=1S/C37H49N2O/c1-9-29(40)17-13-12-16-24-39-33-23-21-28(4)26-31(33)37(7,8)35(39)19-15-11-14-18-34-36(5,6)30-25-27(3)20-22-32(30)38(34)10-2/h11,14-15,18-23,25-26H,9-10,12-13,16-17,24H2,1-8H3/q+1. The van der Waals surface area contributed by atoms with Crippen molar-refractivity contribution in [2.24, 2.45) is 0 Å². The molecule has 2 aromatic carbocycles. The molecule has 2 aliphatic rings. The number of Topliss-reactive ketones (excluding diaryl/α,β-unsaturated/α-hetero) is 1. The Balaban J connectivity index is 1.56. The summed E-state index contributed by atoms with van der Waals surface area (Å²) in [7, 11) is 0. The van der Waals surface area contributed by atoms with Gasteiger partial charge in [-0.1, -0.05) is 68.3 Å². The highest BCUT2D eigenvalue weighted by Gasteiger charge is 2.44. The van der Waals surface area contributed by atoms with Crippen molar-refractivity contribution >= 4 is 22.9 Å². The minimum Gasteiger partial charge on any atom is -0.344 e. The number of aryl methyl sites for hydroxylation is 2.